The Hall–Kier alpha value is -1.51. The predicted molar refractivity (Wildman–Crippen MR) is 82.4 cm³/mol. The Morgan fingerprint density at radius 2 is 1.80 bits per heavy atom. The zero-order valence-corrected chi connectivity index (χ0v) is 12.4. The fraction of sp³-hybridized carbons (Fsp3) is 0.588. The van der Waals surface area contributed by atoms with Gasteiger partial charge in [0.15, 0.2) is 0 Å². The van der Waals surface area contributed by atoms with Crippen molar-refractivity contribution in [3.8, 4) is 0 Å². The van der Waals surface area contributed by atoms with Crippen molar-refractivity contribution in [2.24, 2.45) is 11.8 Å². The third kappa shape index (κ3) is 5.24. The van der Waals surface area contributed by atoms with E-state index >= 15 is 0 Å². The van der Waals surface area contributed by atoms with Gasteiger partial charge in [0.2, 0.25) is 0 Å². The lowest BCUT2D eigenvalue weighted by Gasteiger charge is -2.26. The first-order valence-corrected chi connectivity index (χ1v) is 7.79. The molecule has 20 heavy (non-hydrogen) atoms. The van der Waals surface area contributed by atoms with Crippen molar-refractivity contribution in [3.63, 3.8) is 0 Å². The van der Waals surface area contributed by atoms with Gasteiger partial charge < -0.3 is 10.6 Å². The summed E-state index contributed by atoms with van der Waals surface area (Å²) in [5, 5.41) is 5.86. The monoisotopic (exact) mass is 274 g/mol. The molecule has 110 valence electrons. The van der Waals surface area contributed by atoms with Crippen molar-refractivity contribution in [1.82, 2.24) is 10.6 Å². The number of carbonyl (C=O) groups excluding carboxylic acids is 1. The van der Waals surface area contributed by atoms with E-state index in [1.807, 2.05) is 30.3 Å². The Kier molecular flexibility index (Phi) is 5.90. The predicted octanol–water partition coefficient (Wildman–Crippen LogP) is 3.70. The van der Waals surface area contributed by atoms with Crippen LogP contribution >= 0.6 is 0 Å². The SMILES string of the molecule is CC1CCC(CCNC(=O)NCc2ccccc2)CC1. The first kappa shape index (κ1) is 14.9. The molecule has 2 rings (SSSR count). The van der Waals surface area contributed by atoms with Crippen molar-refractivity contribution in [2.75, 3.05) is 6.54 Å². The number of nitrogens with one attached hydrogen (secondary N) is 2. The summed E-state index contributed by atoms with van der Waals surface area (Å²) in [6.45, 7) is 3.72. The molecule has 2 amide bonds. The second-order valence-electron chi connectivity index (χ2n) is 6.01. The van der Waals surface area contributed by atoms with E-state index in [0.717, 1.165) is 30.4 Å². The molecule has 0 spiro atoms. The van der Waals surface area contributed by atoms with Gasteiger partial charge in [-0.1, -0.05) is 62.9 Å². The number of rotatable bonds is 5. The molecule has 0 aliphatic heterocycles. The quantitative estimate of drug-likeness (QED) is 0.844. The first-order chi connectivity index (χ1) is 9.74. The minimum atomic E-state index is -0.0574. The molecule has 1 aromatic rings. The maximum absolute atomic E-state index is 11.7. The number of urea groups is 1. The maximum Gasteiger partial charge on any atom is 0.315 e. The maximum atomic E-state index is 11.7. The molecule has 0 atom stereocenters. The number of amides is 2. The molecule has 3 heteroatoms. The zero-order chi connectivity index (χ0) is 14.2. The second-order valence-corrected chi connectivity index (χ2v) is 6.01. The van der Waals surface area contributed by atoms with Crippen molar-refractivity contribution < 1.29 is 4.79 Å². The molecule has 1 aromatic carbocycles. The van der Waals surface area contributed by atoms with Gasteiger partial charge in [0.05, 0.1) is 0 Å². The van der Waals surface area contributed by atoms with E-state index in [-0.39, 0.29) is 6.03 Å². The van der Waals surface area contributed by atoms with Gasteiger partial charge >= 0.3 is 6.03 Å². The van der Waals surface area contributed by atoms with Crippen LogP contribution in [0.3, 0.4) is 0 Å². The fourth-order valence-corrected chi connectivity index (χ4v) is 2.85. The summed E-state index contributed by atoms with van der Waals surface area (Å²) in [6, 6.07) is 9.93. The average molecular weight is 274 g/mol. The van der Waals surface area contributed by atoms with Crippen LogP contribution in [0.1, 0.15) is 44.6 Å². The first-order valence-electron chi connectivity index (χ1n) is 7.79. The number of hydrogen-bond acceptors (Lipinski definition) is 1. The fourth-order valence-electron chi connectivity index (χ4n) is 2.85. The molecule has 1 aliphatic carbocycles. The van der Waals surface area contributed by atoms with Gasteiger partial charge in [-0.05, 0) is 23.8 Å². The number of hydrogen-bond donors (Lipinski definition) is 2. The van der Waals surface area contributed by atoms with Crippen LogP contribution in [0, 0.1) is 11.8 Å². The molecule has 0 aromatic heterocycles. The van der Waals surface area contributed by atoms with E-state index in [9.17, 15) is 4.79 Å². The second kappa shape index (κ2) is 7.93. The smallest absolute Gasteiger partial charge is 0.315 e. The molecule has 0 radical (unpaired) electrons. The highest BCUT2D eigenvalue weighted by Crippen LogP contribution is 2.29. The minimum absolute atomic E-state index is 0.0574. The lowest BCUT2D eigenvalue weighted by molar-refractivity contribution is 0.236. The van der Waals surface area contributed by atoms with Gasteiger partial charge in [0.25, 0.3) is 0 Å². The van der Waals surface area contributed by atoms with Crippen LogP contribution in [0.4, 0.5) is 4.79 Å². The van der Waals surface area contributed by atoms with Crippen molar-refractivity contribution in [2.45, 2.75) is 45.6 Å². The lowest BCUT2D eigenvalue weighted by atomic mass is 9.81. The molecular formula is C17H26N2O. The Balaban J connectivity index is 1.56. The van der Waals surface area contributed by atoms with Crippen LogP contribution in [0.15, 0.2) is 30.3 Å². The number of benzene rings is 1. The summed E-state index contributed by atoms with van der Waals surface area (Å²) in [6.07, 6.45) is 6.48. The Morgan fingerprint density at radius 1 is 1.10 bits per heavy atom. The summed E-state index contributed by atoms with van der Waals surface area (Å²) in [7, 11) is 0. The largest absolute Gasteiger partial charge is 0.338 e. The molecule has 0 bridgehead atoms. The van der Waals surface area contributed by atoms with E-state index < -0.39 is 0 Å². The van der Waals surface area contributed by atoms with Gasteiger partial charge in [-0.25, -0.2) is 4.79 Å². The molecule has 1 fully saturated rings. The third-order valence-corrected chi connectivity index (χ3v) is 4.27. The van der Waals surface area contributed by atoms with Gasteiger partial charge in [-0.15, -0.1) is 0 Å². The van der Waals surface area contributed by atoms with Crippen LogP contribution in [-0.4, -0.2) is 12.6 Å². The minimum Gasteiger partial charge on any atom is -0.338 e. The topological polar surface area (TPSA) is 41.1 Å². The van der Waals surface area contributed by atoms with E-state index in [1.165, 1.54) is 25.7 Å². The average Bonchev–Trinajstić information content (AvgIpc) is 2.48. The van der Waals surface area contributed by atoms with Crippen molar-refractivity contribution >= 4 is 6.03 Å². The molecule has 0 unspecified atom stereocenters. The van der Waals surface area contributed by atoms with Crippen LogP contribution in [0.2, 0.25) is 0 Å². The van der Waals surface area contributed by atoms with E-state index in [0.29, 0.717) is 6.54 Å². The summed E-state index contributed by atoms with van der Waals surface area (Å²) in [5.41, 5.74) is 1.13. The highest BCUT2D eigenvalue weighted by molar-refractivity contribution is 5.73. The lowest BCUT2D eigenvalue weighted by Crippen LogP contribution is -2.36. The summed E-state index contributed by atoms with van der Waals surface area (Å²) in [5.74, 6) is 1.70. The Morgan fingerprint density at radius 3 is 2.50 bits per heavy atom. The van der Waals surface area contributed by atoms with Crippen molar-refractivity contribution in [1.29, 1.82) is 0 Å². The molecule has 1 aliphatic rings. The Labute approximate surface area is 122 Å². The molecular weight excluding hydrogens is 248 g/mol. The molecule has 2 N–H and O–H groups in total. The number of carbonyl (C=O) groups is 1. The molecule has 0 heterocycles. The van der Waals surface area contributed by atoms with Crippen LogP contribution in [-0.2, 0) is 6.54 Å². The Bertz CT molecular complexity index is 397. The van der Waals surface area contributed by atoms with E-state index in [4.69, 9.17) is 0 Å². The standard InChI is InChI=1S/C17H26N2O/c1-14-7-9-15(10-8-14)11-12-18-17(20)19-13-16-5-3-2-4-6-16/h2-6,14-15H,7-13H2,1H3,(H2,18,19,20). The zero-order valence-electron chi connectivity index (χ0n) is 12.4. The van der Waals surface area contributed by atoms with Crippen LogP contribution in [0.25, 0.3) is 0 Å². The third-order valence-electron chi connectivity index (χ3n) is 4.27. The normalized spacial score (nSPS) is 22.2. The summed E-state index contributed by atoms with van der Waals surface area (Å²) >= 11 is 0. The molecule has 1 saturated carbocycles. The van der Waals surface area contributed by atoms with E-state index in [1.54, 1.807) is 0 Å². The van der Waals surface area contributed by atoms with Gasteiger partial charge in [0.1, 0.15) is 0 Å². The summed E-state index contributed by atoms with van der Waals surface area (Å²) < 4.78 is 0. The van der Waals surface area contributed by atoms with Crippen molar-refractivity contribution in [3.05, 3.63) is 35.9 Å². The molecule has 0 saturated heterocycles. The van der Waals surface area contributed by atoms with Gasteiger partial charge in [0, 0.05) is 13.1 Å². The molecule has 3 nitrogen and oxygen atoms in total. The van der Waals surface area contributed by atoms with Crippen LogP contribution in [0.5, 0.6) is 0 Å². The highest BCUT2D eigenvalue weighted by atomic mass is 16.2. The van der Waals surface area contributed by atoms with Crippen LogP contribution < -0.4 is 10.6 Å². The highest BCUT2D eigenvalue weighted by Gasteiger charge is 2.17. The summed E-state index contributed by atoms with van der Waals surface area (Å²) in [4.78, 5) is 11.7. The van der Waals surface area contributed by atoms with Gasteiger partial charge in [-0.2, -0.15) is 0 Å². The van der Waals surface area contributed by atoms with Gasteiger partial charge in [-0.3, -0.25) is 0 Å². The van der Waals surface area contributed by atoms with E-state index in [2.05, 4.69) is 17.6 Å².